The van der Waals surface area contributed by atoms with Crippen LogP contribution in [-0.4, -0.2) is 30.9 Å². The third-order valence-corrected chi connectivity index (χ3v) is 4.34. The van der Waals surface area contributed by atoms with E-state index in [4.69, 9.17) is 16.0 Å². The van der Waals surface area contributed by atoms with Gasteiger partial charge in [0.1, 0.15) is 6.61 Å². The lowest BCUT2D eigenvalue weighted by Gasteiger charge is -2.18. The lowest BCUT2D eigenvalue weighted by Crippen LogP contribution is -2.43. The van der Waals surface area contributed by atoms with E-state index >= 15 is 0 Å². The van der Waals surface area contributed by atoms with Gasteiger partial charge in [-0.25, -0.2) is 8.78 Å². The molecule has 1 unspecified atom stereocenters. The summed E-state index contributed by atoms with van der Waals surface area (Å²) in [5, 5.41) is 5.86. The minimum absolute atomic E-state index is 0.0136. The predicted octanol–water partition coefficient (Wildman–Crippen LogP) is 4.06. The Morgan fingerprint density at radius 3 is 2.44 bits per heavy atom. The van der Waals surface area contributed by atoms with Crippen molar-refractivity contribution in [1.82, 2.24) is 5.32 Å². The lowest BCUT2D eigenvalue weighted by molar-refractivity contribution is -0.123. The fourth-order valence-corrected chi connectivity index (χ4v) is 2.73. The minimum atomic E-state index is -1.78. The number of nitrogens with two attached hydrogens (primary N) is 1. The van der Waals surface area contributed by atoms with E-state index in [1.54, 1.807) is 0 Å². The summed E-state index contributed by atoms with van der Waals surface area (Å²) in [5.41, 5.74) is 14.2. The van der Waals surface area contributed by atoms with Crippen molar-refractivity contribution in [1.29, 1.82) is 0 Å². The number of azide groups is 1. The molecule has 170 valence electrons. The Kier molecular flexibility index (Phi) is 8.99. The largest absolute Gasteiger partial charge is 0.479 e. The van der Waals surface area contributed by atoms with Gasteiger partial charge in [-0.05, 0) is 43.5 Å². The van der Waals surface area contributed by atoms with Crippen molar-refractivity contribution in [3.63, 3.8) is 0 Å². The molecule has 2 aromatic rings. The summed E-state index contributed by atoms with van der Waals surface area (Å²) in [7, 11) is 0. The van der Waals surface area contributed by atoms with Crippen LogP contribution in [0.1, 0.15) is 29.6 Å². The van der Waals surface area contributed by atoms with Crippen LogP contribution in [0.2, 0.25) is 0 Å². The average molecular weight is 453 g/mol. The second kappa shape index (κ2) is 11.7. The normalized spacial score (nSPS) is 11.4. The van der Waals surface area contributed by atoms with Crippen molar-refractivity contribution in [3.8, 4) is 5.75 Å². The Morgan fingerprint density at radius 2 is 1.81 bits per heavy atom. The Bertz CT molecular complexity index is 1020. The summed E-state index contributed by atoms with van der Waals surface area (Å²) in [6, 6.07) is 4.53. The predicted molar refractivity (Wildman–Crippen MR) is 106 cm³/mol. The standard InChI is InChI=1S/C20H19F4N5O3/c21-13-9-14(22)18(24)19(17(13)23)32-10-16(30)15(6-1-2-7-25)27-20(31)11-4-3-5-12(8-11)28-29-26/h3-5,8-9,15H,1-2,6-7,10,25H2,(H,27,31). The first kappa shape index (κ1) is 24.6. The fourth-order valence-electron chi connectivity index (χ4n) is 2.73. The molecule has 0 saturated heterocycles. The smallest absolute Gasteiger partial charge is 0.251 e. The summed E-state index contributed by atoms with van der Waals surface area (Å²) in [5.74, 6) is -9.76. The number of nitrogens with one attached hydrogen (secondary N) is 1. The number of ketones is 1. The number of hydrogen-bond acceptors (Lipinski definition) is 5. The maximum atomic E-state index is 13.7. The maximum absolute atomic E-state index is 13.7. The van der Waals surface area contributed by atoms with Gasteiger partial charge in [-0.3, -0.25) is 9.59 Å². The summed E-state index contributed by atoms with van der Waals surface area (Å²) >= 11 is 0. The Hall–Kier alpha value is -3.63. The SMILES string of the molecule is [N-]=[N+]=Nc1cccc(C(=O)NC(CCCCN)C(=O)COc2c(F)c(F)cc(F)c2F)c1. The van der Waals surface area contributed by atoms with Gasteiger partial charge >= 0.3 is 0 Å². The maximum Gasteiger partial charge on any atom is 0.251 e. The average Bonchev–Trinajstić information content (AvgIpc) is 2.77. The molecule has 0 aliphatic heterocycles. The number of carbonyl (C=O) groups excluding carboxylic acids is 2. The van der Waals surface area contributed by atoms with Crippen molar-refractivity contribution >= 4 is 17.4 Å². The first-order valence-electron chi connectivity index (χ1n) is 9.43. The lowest BCUT2D eigenvalue weighted by atomic mass is 10.0. The van der Waals surface area contributed by atoms with E-state index in [2.05, 4.69) is 15.3 Å². The highest BCUT2D eigenvalue weighted by Gasteiger charge is 2.25. The van der Waals surface area contributed by atoms with Crippen LogP contribution in [0.4, 0.5) is 23.2 Å². The monoisotopic (exact) mass is 453 g/mol. The van der Waals surface area contributed by atoms with Crippen molar-refractivity contribution in [2.24, 2.45) is 10.8 Å². The van der Waals surface area contributed by atoms with E-state index in [1.807, 2.05) is 0 Å². The summed E-state index contributed by atoms with van der Waals surface area (Å²) in [6.45, 7) is -0.623. The summed E-state index contributed by atoms with van der Waals surface area (Å²) in [6.07, 6.45) is 1.10. The van der Waals surface area contributed by atoms with Crippen LogP contribution in [0.3, 0.4) is 0 Å². The van der Waals surface area contributed by atoms with E-state index in [9.17, 15) is 27.2 Å². The first-order valence-corrected chi connectivity index (χ1v) is 9.43. The molecule has 0 bridgehead atoms. The summed E-state index contributed by atoms with van der Waals surface area (Å²) in [4.78, 5) is 27.7. The molecule has 0 fully saturated rings. The molecule has 0 aliphatic carbocycles. The van der Waals surface area contributed by atoms with Crippen LogP contribution in [0.25, 0.3) is 10.4 Å². The third-order valence-electron chi connectivity index (χ3n) is 4.34. The molecule has 32 heavy (non-hydrogen) atoms. The zero-order chi connectivity index (χ0) is 23.7. The molecule has 1 amide bonds. The second-order valence-electron chi connectivity index (χ2n) is 6.60. The Morgan fingerprint density at radius 1 is 1.12 bits per heavy atom. The molecule has 12 heteroatoms. The van der Waals surface area contributed by atoms with Crippen LogP contribution in [-0.2, 0) is 4.79 Å². The second-order valence-corrected chi connectivity index (χ2v) is 6.60. The van der Waals surface area contributed by atoms with E-state index in [0.29, 0.717) is 19.4 Å². The molecule has 8 nitrogen and oxygen atoms in total. The van der Waals surface area contributed by atoms with Gasteiger partial charge in [0.2, 0.25) is 11.6 Å². The Balaban J connectivity index is 2.16. The number of Topliss-reactive ketones (excluding diaryl/α,β-unsaturated/α-hetero) is 1. The number of rotatable bonds is 11. The molecule has 0 aromatic heterocycles. The van der Waals surface area contributed by atoms with Crippen LogP contribution in [0, 0.1) is 23.3 Å². The molecular formula is C20H19F4N5O3. The number of halogens is 4. The van der Waals surface area contributed by atoms with Crippen LogP contribution >= 0.6 is 0 Å². The molecule has 2 aromatic carbocycles. The van der Waals surface area contributed by atoms with E-state index in [0.717, 1.165) is 0 Å². The highest BCUT2D eigenvalue weighted by Crippen LogP contribution is 2.26. The Labute approximate surface area is 180 Å². The van der Waals surface area contributed by atoms with Crippen LogP contribution in [0.15, 0.2) is 35.4 Å². The fraction of sp³-hybridized carbons (Fsp3) is 0.300. The van der Waals surface area contributed by atoms with Crippen molar-refractivity contribution in [2.45, 2.75) is 25.3 Å². The van der Waals surface area contributed by atoms with Crippen LogP contribution < -0.4 is 15.8 Å². The third kappa shape index (κ3) is 6.43. The summed E-state index contributed by atoms with van der Waals surface area (Å²) < 4.78 is 58.8. The van der Waals surface area contributed by atoms with Gasteiger partial charge in [0, 0.05) is 22.2 Å². The van der Waals surface area contributed by atoms with Gasteiger partial charge in [0.25, 0.3) is 5.91 Å². The molecule has 0 aliphatic rings. The van der Waals surface area contributed by atoms with Crippen molar-refractivity contribution < 1.29 is 31.9 Å². The van der Waals surface area contributed by atoms with Crippen molar-refractivity contribution in [3.05, 3.63) is 69.6 Å². The number of benzene rings is 2. The molecule has 1 atom stereocenters. The van der Waals surface area contributed by atoms with Crippen molar-refractivity contribution in [2.75, 3.05) is 13.2 Å². The molecule has 0 heterocycles. The minimum Gasteiger partial charge on any atom is -0.479 e. The topological polar surface area (TPSA) is 130 Å². The first-order chi connectivity index (χ1) is 15.3. The van der Waals surface area contributed by atoms with E-state index in [-0.39, 0.29) is 23.7 Å². The van der Waals surface area contributed by atoms with Gasteiger partial charge in [-0.2, -0.15) is 8.78 Å². The van der Waals surface area contributed by atoms with Gasteiger partial charge in [-0.1, -0.05) is 17.2 Å². The number of hydrogen-bond donors (Lipinski definition) is 2. The molecule has 0 spiro atoms. The number of amides is 1. The molecule has 0 radical (unpaired) electrons. The zero-order valence-electron chi connectivity index (χ0n) is 16.7. The van der Waals surface area contributed by atoms with Gasteiger partial charge in [0.05, 0.1) is 6.04 Å². The number of unbranched alkanes of at least 4 members (excludes halogenated alkanes) is 1. The molecule has 2 rings (SSSR count). The van der Waals surface area contributed by atoms with E-state index < -0.39 is 53.4 Å². The number of nitrogens with zero attached hydrogens (tertiary/aromatic N) is 3. The molecule has 3 N–H and O–H groups in total. The van der Waals surface area contributed by atoms with Gasteiger partial charge < -0.3 is 15.8 Å². The van der Waals surface area contributed by atoms with Gasteiger partial charge in [0.15, 0.2) is 23.2 Å². The highest BCUT2D eigenvalue weighted by molar-refractivity contribution is 5.98. The number of ether oxygens (including phenoxy) is 1. The molecule has 0 saturated carbocycles. The number of carbonyl (C=O) groups is 2. The zero-order valence-corrected chi connectivity index (χ0v) is 16.7. The van der Waals surface area contributed by atoms with Crippen LogP contribution in [0.5, 0.6) is 5.75 Å². The van der Waals surface area contributed by atoms with Gasteiger partial charge in [-0.15, -0.1) is 0 Å². The quantitative estimate of drug-likeness (QED) is 0.133. The van der Waals surface area contributed by atoms with E-state index in [1.165, 1.54) is 24.3 Å². The highest BCUT2D eigenvalue weighted by atomic mass is 19.2. The molecular weight excluding hydrogens is 434 g/mol.